The molecule has 0 saturated heterocycles. The van der Waals surface area contributed by atoms with Crippen LogP contribution in [0.3, 0.4) is 0 Å². The summed E-state index contributed by atoms with van der Waals surface area (Å²) in [5, 5.41) is 3.37. The van der Waals surface area contributed by atoms with Crippen LogP contribution in [0, 0.1) is 0 Å². The van der Waals surface area contributed by atoms with Gasteiger partial charge in [0.05, 0.1) is 13.2 Å². The SMILES string of the molecule is CCNCCc1ccccc1COCc1ccccc1. The van der Waals surface area contributed by atoms with E-state index >= 15 is 0 Å². The molecule has 0 heterocycles. The number of nitrogens with one attached hydrogen (secondary N) is 1. The summed E-state index contributed by atoms with van der Waals surface area (Å²) in [5.41, 5.74) is 3.89. The topological polar surface area (TPSA) is 21.3 Å². The van der Waals surface area contributed by atoms with Gasteiger partial charge in [-0.25, -0.2) is 0 Å². The van der Waals surface area contributed by atoms with Gasteiger partial charge < -0.3 is 10.1 Å². The Morgan fingerprint density at radius 3 is 2.30 bits per heavy atom. The first kappa shape index (κ1) is 14.8. The fourth-order valence-electron chi connectivity index (χ4n) is 2.20. The monoisotopic (exact) mass is 269 g/mol. The molecular formula is C18H23NO. The van der Waals surface area contributed by atoms with Gasteiger partial charge in [0.25, 0.3) is 0 Å². The van der Waals surface area contributed by atoms with E-state index in [1.807, 2.05) is 18.2 Å². The van der Waals surface area contributed by atoms with Gasteiger partial charge in [-0.15, -0.1) is 0 Å². The number of hydrogen-bond acceptors (Lipinski definition) is 2. The lowest BCUT2D eigenvalue weighted by Gasteiger charge is -2.10. The van der Waals surface area contributed by atoms with Crippen molar-refractivity contribution in [2.75, 3.05) is 13.1 Å². The first-order chi connectivity index (χ1) is 9.90. The zero-order chi connectivity index (χ0) is 14.0. The van der Waals surface area contributed by atoms with Crippen molar-refractivity contribution in [1.82, 2.24) is 5.32 Å². The van der Waals surface area contributed by atoms with Crippen LogP contribution in [0.25, 0.3) is 0 Å². The Morgan fingerprint density at radius 1 is 0.850 bits per heavy atom. The van der Waals surface area contributed by atoms with Gasteiger partial charge in [0.2, 0.25) is 0 Å². The molecule has 2 aromatic rings. The van der Waals surface area contributed by atoms with Crippen molar-refractivity contribution in [3.63, 3.8) is 0 Å². The molecule has 106 valence electrons. The van der Waals surface area contributed by atoms with E-state index in [1.165, 1.54) is 16.7 Å². The van der Waals surface area contributed by atoms with Gasteiger partial charge in [-0.3, -0.25) is 0 Å². The van der Waals surface area contributed by atoms with Crippen molar-refractivity contribution < 1.29 is 4.74 Å². The van der Waals surface area contributed by atoms with Crippen LogP contribution in [-0.2, 0) is 24.4 Å². The number of benzene rings is 2. The van der Waals surface area contributed by atoms with Crippen LogP contribution in [0.1, 0.15) is 23.6 Å². The van der Waals surface area contributed by atoms with Gasteiger partial charge in [-0.2, -0.15) is 0 Å². The standard InChI is InChI=1S/C18H23NO/c1-2-19-13-12-17-10-6-7-11-18(17)15-20-14-16-8-4-3-5-9-16/h3-11,19H,2,12-15H2,1H3. The van der Waals surface area contributed by atoms with Crippen LogP contribution in [0.15, 0.2) is 54.6 Å². The molecule has 0 unspecified atom stereocenters. The lowest BCUT2D eigenvalue weighted by Crippen LogP contribution is -2.16. The van der Waals surface area contributed by atoms with Crippen molar-refractivity contribution in [1.29, 1.82) is 0 Å². The number of ether oxygens (including phenoxy) is 1. The molecule has 1 N–H and O–H groups in total. The maximum absolute atomic E-state index is 5.83. The summed E-state index contributed by atoms with van der Waals surface area (Å²) in [5.74, 6) is 0. The van der Waals surface area contributed by atoms with Crippen molar-refractivity contribution in [3.8, 4) is 0 Å². The molecular weight excluding hydrogens is 246 g/mol. The quantitative estimate of drug-likeness (QED) is 0.740. The van der Waals surface area contributed by atoms with Crippen LogP contribution >= 0.6 is 0 Å². The molecule has 0 spiro atoms. The summed E-state index contributed by atoms with van der Waals surface area (Å²) >= 11 is 0. The van der Waals surface area contributed by atoms with Crippen LogP contribution in [0.5, 0.6) is 0 Å². The molecule has 2 nitrogen and oxygen atoms in total. The largest absolute Gasteiger partial charge is 0.372 e. The zero-order valence-corrected chi connectivity index (χ0v) is 12.1. The third-order valence-electron chi connectivity index (χ3n) is 3.31. The molecule has 20 heavy (non-hydrogen) atoms. The summed E-state index contributed by atoms with van der Waals surface area (Å²) in [4.78, 5) is 0. The van der Waals surface area contributed by atoms with E-state index in [4.69, 9.17) is 4.74 Å². The molecule has 0 aliphatic heterocycles. The van der Waals surface area contributed by atoms with E-state index in [9.17, 15) is 0 Å². The molecule has 0 aliphatic carbocycles. The van der Waals surface area contributed by atoms with Gasteiger partial charge in [0, 0.05) is 0 Å². The Hall–Kier alpha value is -1.64. The van der Waals surface area contributed by atoms with Crippen LogP contribution in [-0.4, -0.2) is 13.1 Å². The number of hydrogen-bond donors (Lipinski definition) is 1. The van der Waals surface area contributed by atoms with Crippen molar-refractivity contribution in [2.24, 2.45) is 0 Å². The smallest absolute Gasteiger partial charge is 0.0724 e. The molecule has 2 aromatic carbocycles. The first-order valence-electron chi connectivity index (χ1n) is 7.29. The molecule has 0 saturated carbocycles. The molecule has 2 heteroatoms. The van der Waals surface area contributed by atoms with Crippen molar-refractivity contribution in [3.05, 3.63) is 71.3 Å². The summed E-state index contributed by atoms with van der Waals surface area (Å²) < 4.78 is 5.83. The van der Waals surface area contributed by atoms with E-state index in [0.717, 1.165) is 19.5 Å². The lowest BCUT2D eigenvalue weighted by atomic mass is 10.1. The summed E-state index contributed by atoms with van der Waals surface area (Å²) in [6, 6.07) is 18.8. The normalized spacial score (nSPS) is 10.7. The maximum atomic E-state index is 5.83. The van der Waals surface area contributed by atoms with Crippen LogP contribution < -0.4 is 5.32 Å². The highest BCUT2D eigenvalue weighted by Gasteiger charge is 2.02. The molecule has 0 aliphatic rings. The average molecular weight is 269 g/mol. The van der Waals surface area contributed by atoms with Gasteiger partial charge >= 0.3 is 0 Å². The van der Waals surface area contributed by atoms with Crippen molar-refractivity contribution >= 4 is 0 Å². The molecule has 0 bridgehead atoms. The fraction of sp³-hybridized carbons (Fsp3) is 0.333. The highest BCUT2D eigenvalue weighted by molar-refractivity contribution is 5.26. The Bertz CT molecular complexity index is 496. The second-order valence-corrected chi connectivity index (χ2v) is 4.85. The predicted octanol–water partition coefficient (Wildman–Crippen LogP) is 3.56. The minimum atomic E-state index is 0.669. The van der Waals surface area contributed by atoms with Gasteiger partial charge in [-0.05, 0) is 36.2 Å². The van der Waals surface area contributed by atoms with Gasteiger partial charge in [0.1, 0.15) is 0 Å². The highest BCUT2D eigenvalue weighted by Crippen LogP contribution is 2.12. The molecule has 0 fully saturated rings. The summed E-state index contributed by atoms with van der Waals surface area (Å²) in [7, 11) is 0. The van der Waals surface area contributed by atoms with E-state index in [2.05, 4.69) is 48.6 Å². The fourth-order valence-corrected chi connectivity index (χ4v) is 2.20. The van der Waals surface area contributed by atoms with Crippen LogP contribution in [0.2, 0.25) is 0 Å². The Kier molecular flexibility index (Phi) is 6.28. The molecule has 0 atom stereocenters. The minimum absolute atomic E-state index is 0.669. The summed E-state index contributed by atoms with van der Waals surface area (Å²) in [6.45, 7) is 5.52. The zero-order valence-electron chi connectivity index (χ0n) is 12.1. The summed E-state index contributed by atoms with van der Waals surface area (Å²) in [6.07, 6.45) is 1.05. The number of likely N-dealkylation sites (N-methyl/N-ethyl adjacent to an activating group) is 1. The van der Waals surface area contributed by atoms with Gasteiger partial charge in [-0.1, -0.05) is 61.5 Å². The van der Waals surface area contributed by atoms with E-state index < -0.39 is 0 Å². The van der Waals surface area contributed by atoms with E-state index in [1.54, 1.807) is 0 Å². The Morgan fingerprint density at radius 2 is 1.55 bits per heavy atom. The van der Waals surface area contributed by atoms with Crippen molar-refractivity contribution in [2.45, 2.75) is 26.6 Å². The maximum Gasteiger partial charge on any atom is 0.0724 e. The third-order valence-corrected chi connectivity index (χ3v) is 3.31. The van der Waals surface area contributed by atoms with E-state index in [0.29, 0.717) is 13.2 Å². The van der Waals surface area contributed by atoms with Crippen LogP contribution in [0.4, 0.5) is 0 Å². The van der Waals surface area contributed by atoms with Gasteiger partial charge in [0.15, 0.2) is 0 Å². The predicted molar refractivity (Wildman–Crippen MR) is 83.6 cm³/mol. The molecule has 2 rings (SSSR count). The molecule has 0 amide bonds. The molecule has 0 radical (unpaired) electrons. The Balaban J connectivity index is 1.85. The lowest BCUT2D eigenvalue weighted by molar-refractivity contribution is 0.106. The highest BCUT2D eigenvalue weighted by atomic mass is 16.5. The second-order valence-electron chi connectivity index (χ2n) is 4.85. The first-order valence-corrected chi connectivity index (χ1v) is 7.29. The number of rotatable bonds is 8. The minimum Gasteiger partial charge on any atom is -0.372 e. The van der Waals surface area contributed by atoms with E-state index in [-0.39, 0.29) is 0 Å². The third kappa shape index (κ3) is 4.80. The second kappa shape index (κ2) is 8.51. The average Bonchev–Trinajstić information content (AvgIpc) is 2.50. The molecule has 0 aromatic heterocycles. The Labute approximate surface area is 121 Å².